The Hall–Kier alpha value is -0.840. The standard InChI is InChI=1S/C12H23FN2O2/c1-11(2,3)17-10(16)14-9-12(13)5-7-15(4)8-6-12/h5-9H2,1-4H3,(H,14,16). The highest BCUT2D eigenvalue weighted by molar-refractivity contribution is 5.67. The molecule has 1 heterocycles. The summed E-state index contributed by atoms with van der Waals surface area (Å²) in [5.74, 6) is 0. The van der Waals surface area contributed by atoms with E-state index in [2.05, 4.69) is 10.2 Å². The van der Waals surface area contributed by atoms with Gasteiger partial charge in [0.15, 0.2) is 0 Å². The summed E-state index contributed by atoms with van der Waals surface area (Å²) in [4.78, 5) is 13.5. The molecular formula is C12H23FN2O2. The van der Waals surface area contributed by atoms with Crippen molar-refractivity contribution in [3.8, 4) is 0 Å². The largest absolute Gasteiger partial charge is 0.444 e. The van der Waals surface area contributed by atoms with E-state index in [9.17, 15) is 9.18 Å². The number of rotatable bonds is 2. The SMILES string of the molecule is CN1CCC(F)(CNC(=O)OC(C)(C)C)CC1. The molecule has 5 heteroatoms. The lowest BCUT2D eigenvalue weighted by molar-refractivity contribution is 0.0379. The van der Waals surface area contributed by atoms with Gasteiger partial charge >= 0.3 is 6.09 Å². The van der Waals surface area contributed by atoms with Gasteiger partial charge in [0.25, 0.3) is 0 Å². The predicted molar refractivity (Wildman–Crippen MR) is 64.8 cm³/mol. The van der Waals surface area contributed by atoms with E-state index < -0.39 is 17.4 Å². The van der Waals surface area contributed by atoms with Gasteiger partial charge in [-0.1, -0.05) is 0 Å². The van der Waals surface area contributed by atoms with Crippen molar-refractivity contribution in [2.45, 2.75) is 44.9 Å². The van der Waals surface area contributed by atoms with Crippen LogP contribution >= 0.6 is 0 Å². The number of hydrogen-bond acceptors (Lipinski definition) is 3. The molecule has 0 spiro atoms. The van der Waals surface area contributed by atoms with Gasteiger partial charge in [-0.25, -0.2) is 9.18 Å². The van der Waals surface area contributed by atoms with Gasteiger partial charge in [-0.05, 0) is 40.7 Å². The summed E-state index contributed by atoms with van der Waals surface area (Å²) < 4.78 is 19.3. The number of hydrogen-bond donors (Lipinski definition) is 1. The molecule has 0 aromatic carbocycles. The predicted octanol–water partition coefficient (Wildman–Crippen LogP) is 1.95. The van der Waals surface area contributed by atoms with Gasteiger partial charge < -0.3 is 15.0 Å². The number of halogens is 1. The fraction of sp³-hybridized carbons (Fsp3) is 0.917. The number of alkyl halides is 1. The van der Waals surface area contributed by atoms with Crippen LogP contribution in [-0.4, -0.2) is 48.9 Å². The van der Waals surface area contributed by atoms with Crippen molar-refractivity contribution in [2.75, 3.05) is 26.7 Å². The minimum atomic E-state index is -1.29. The van der Waals surface area contributed by atoms with Crippen LogP contribution in [0.5, 0.6) is 0 Å². The molecule has 1 rings (SSSR count). The Kier molecular flexibility index (Phi) is 4.36. The molecule has 0 unspecified atom stereocenters. The summed E-state index contributed by atoms with van der Waals surface area (Å²) in [5.41, 5.74) is -1.83. The van der Waals surface area contributed by atoms with E-state index in [0.717, 1.165) is 13.1 Å². The molecule has 1 saturated heterocycles. The van der Waals surface area contributed by atoms with E-state index in [4.69, 9.17) is 4.74 Å². The smallest absolute Gasteiger partial charge is 0.407 e. The van der Waals surface area contributed by atoms with E-state index in [-0.39, 0.29) is 6.54 Å². The Labute approximate surface area is 102 Å². The third-order valence-electron chi connectivity index (χ3n) is 2.83. The Bertz CT molecular complexity index is 268. The first kappa shape index (κ1) is 14.2. The number of piperidine rings is 1. The molecule has 0 saturated carbocycles. The molecule has 0 radical (unpaired) electrons. The second-order valence-corrected chi connectivity index (χ2v) is 5.81. The van der Waals surface area contributed by atoms with Gasteiger partial charge in [-0.2, -0.15) is 0 Å². The van der Waals surface area contributed by atoms with Crippen LogP contribution in [0.25, 0.3) is 0 Å². The summed E-state index contributed by atoms with van der Waals surface area (Å²) in [6, 6.07) is 0. The van der Waals surface area contributed by atoms with Gasteiger partial charge in [-0.3, -0.25) is 0 Å². The fourth-order valence-corrected chi connectivity index (χ4v) is 1.74. The van der Waals surface area contributed by atoms with Gasteiger partial charge in [0.05, 0.1) is 6.54 Å². The van der Waals surface area contributed by atoms with Crippen molar-refractivity contribution in [3.05, 3.63) is 0 Å². The van der Waals surface area contributed by atoms with E-state index in [1.54, 1.807) is 20.8 Å². The molecule has 0 aromatic rings. The van der Waals surface area contributed by atoms with Crippen LogP contribution in [0.1, 0.15) is 33.6 Å². The molecule has 1 N–H and O–H groups in total. The second kappa shape index (κ2) is 5.21. The first-order valence-corrected chi connectivity index (χ1v) is 6.05. The van der Waals surface area contributed by atoms with Crippen LogP contribution in [0.3, 0.4) is 0 Å². The number of ether oxygens (including phenoxy) is 1. The summed E-state index contributed by atoms with van der Waals surface area (Å²) >= 11 is 0. The van der Waals surface area contributed by atoms with E-state index >= 15 is 0 Å². The maximum atomic E-state index is 14.2. The molecule has 100 valence electrons. The zero-order valence-electron chi connectivity index (χ0n) is 11.2. The number of carbonyl (C=O) groups excluding carboxylic acids is 1. The monoisotopic (exact) mass is 246 g/mol. The molecule has 0 aromatic heterocycles. The highest BCUT2D eigenvalue weighted by Crippen LogP contribution is 2.25. The number of carbonyl (C=O) groups is 1. The third kappa shape index (κ3) is 5.35. The van der Waals surface area contributed by atoms with Crippen LogP contribution in [0.15, 0.2) is 0 Å². The number of alkyl carbamates (subject to hydrolysis) is 1. The maximum Gasteiger partial charge on any atom is 0.407 e. The minimum Gasteiger partial charge on any atom is -0.444 e. The molecule has 0 aliphatic carbocycles. The lowest BCUT2D eigenvalue weighted by Crippen LogP contribution is -2.48. The van der Waals surface area contributed by atoms with Crippen molar-refractivity contribution in [3.63, 3.8) is 0 Å². The molecule has 0 bridgehead atoms. The average molecular weight is 246 g/mol. The quantitative estimate of drug-likeness (QED) is 0.809. The number of nitrogens with one attached hydrogen (secondary N) is 1. The molecule has 1 aliphatic heterocycles. The molecule has 0 atom stereocenters. The second-order valence-electron chi connectivity index (χ2n) is 5.81. The summed E-state index contributed by atoms with van der Waals surface area (Å²) in [5, 5.41) is 2.51. The first-order valence-electron chi connectivity index (χ1n) is 6.05. The molecule has 1 amide bonds. The van der Waals surface area contributed by atoms with E-state index in [1.807, 2.05) is 7.05 Å². The normalized spacial score (nSPS) is 21.0. The summed E-state index contributed by atoms with van der Waals surface area (Å²) in [7, 11) is 1.97. The van der Waals surface area contributed by atoms with Crippen LogP contribution < -0.4 is 5.32 Å². The van der Waals surface area contributed by atoms with Crippen LogP contribution in [0.4, 0.5) is 9.18 Å². The van der Waals surface area contributed by atoms with Crippen molar-refractivity contribution >= 4 is 6.09 Å². The van der Waals surface area contributed by atoms with Crippen molar-refractivity contribution in [1.29, 1.82) is 0 Å². The minimum absolute atomic E-state index is 0.0375. The van der Waals surface area contributed by atoms with Crippen molar-refractivity contribution in [2.24, 2.45) is 0 Å². The van der Waals surface area contributed by atoms with E-state index in [1.165, 1.54) is 0 Å². The molecule has 1 aliphatic rings. The lowest BCUT2D eigenvalue weighted by atomic mass is 9.93. The molecular weight excluding hydrogens is 223 g/mol. The Balaban J connectivity index is 2.32. The number of likely N-dealkylation sites (tertiary alicyclic amines) is 1. The molecule has 4 nitrogen and oxygen atoms in total. The zero-order valence-corrected chi connectivity index (χ0v) is 11.2. The highest BCUT2D eigenvalue weighted by Gasteiger charge is 2.34. The summed E-state index contributed by atoms with van der Waals surface area (Å²) in [6.45, 7) is 6.85. The van der Waals surface area contributed by atoms with Crippen LogP contribution in [0.2, 0.25) is 0 Å². The summed E-state index contributed by atoms with van der Waals surface area (Å²) in [6.07, 6.45) is 0.368. The fourth-order valence-electron chi connectivity index (χ4n) is 1.74. The van der Waals surface area contributed by atoms with Crippen LogP contribution in [-0.2, 0) is 4.74 Å². The lowest BCUT2D eigenvalue weighted by Gasteiger charge is -2.34. The highest BCUT2D eigenvalue weighted by atomic mass is 19.1. The Morgan fingerprint density at radius 2 is 1.94 bits per heavy atom. The number of amides is 1. The van der Waals surface area contributed by atoms with Gasteiger partial charge in [0, 0.05) is 13.1 Å². The topological polar surface area (TPSA) is 41.6 Å². The van der Waals surface area contributed by atoms with E-state index in [0.29, 0.717) is 12.8 Å². The number of nitrogens with zero attached hydrogens (tertiary/aromatic N) is 1. The third-order valence-corrected chi connectivity index (χ3v) is 2.83. The Morgan fingerprint density at radius 3 is 2.41 bits per heavy atom. The molecule has 17 heavy (non-hydrogen) atoms. The Morgan fingerprint density at radius 1 is 1.41 bits per heavy atom. The average Bonchev–Trinajstić information content (AvgIpc) is 2.18. The van der Waals surface area contributed by atoms with Gasteiger partial charge in [0.2, 0.25) is 0 Å². The first-order chi connectivity index (χ1) is 7.70. The van der Waals surface area contributed by atoms with Crippen LogP contribution in [0, 0.1) is 0 Å². The van der Waals surface area contributed by atoms with Crippen molar-refractivity contribution in [1.82, 2.24) is 10.2 Å². The van der Waals surface area contributed by atoms with Crippen molar-refractivity contribution < 1.29 is 13.9 Å². The zero-order chi connectivity index (χ0) is 13.1. The molecule has 1 fully saturated rings. The maximum absolute atomic E-state index is 14.2. The van der Waals surface area contributed by atoms with Gasteiger partial charge in [0.1, 0.15) is 11.3 Å². The van der Waals surface area contributed by atoms with Gasteiger partial charge in [-0.15, -0.1) is 0 Å².